The molecule has 1 aromatic heterocycles. The normalized spacial score (nSPS) is 10.5. The van der Waals surface area contributed by atoms with E-state index in [0.29, 0.717) is 12.4 Å². The summed E-state index contributed by atoms with van der Waals surface area (Å²) in [5, 5.41) is 16.7. The summed E-state index contributed by atoms with van der Waals surface area (Å²) >= 11 is 3.39. The minimum atomic E-state index is 0.0160. The Kier molecular flexibility index (Phi) is 3.75. The van der Waals surface area contributed by atoms with Gasteiger partial charge < -0.3 is 14.4 Å². The van der Waals surface area contributed by atoms with Crippen LogP contribution >= 0.6 is 15.9 Å². The second-order valence-corrected chi connectivity index (χ2v) is 4.42. The highest BCUT2D eigenvalue weighted by Gasteiger charge is 2.05. The minimum absolute atomic E-state index is 0.0160. The van der Waals surface area contributed by atoms with E-state index in [1.165, 1.54) is 0 Å². The number of nitrogens with zero attached hydrogens (tertiary/aromatic N) is 3. The van der Waals surface area contributed by atoms with Gasteiger partial charge in [0.1, 0.15) is 18.7 Å². The lowest BCUT2D eigenvalue weighted by molar-refractivity contribution is 0.279. The summed E-state index contributed by atoms with van der Waals surface area (Å²) < 4.78 is 8.22. The van der Waals surface area contributed by atoms with Gasteiger partial charge in [-0.2, -0.15) is 0 Å². The Morgan fingerprint density at radius 2 is 2.29 bits per heavy atom. The summed E-state index contributed by atoms with van der Waals surface area (Å²) in [5.74, 6) is 1.47. The van der Waals surface area contributed by atoms with Gasteiger partial charge in [0.15, 0.2) is 5.82 Å². The van der Waals surface area contributed by atoms with Crippen LogP contribution in [0.4, 0.5) is 0 Å². The number of hydrogen-bond acceptors (Lipinski definition) is 4. The Labute approximate surface area is 107 Å². The monoisotopic (exact) mass is 297 g/mol. The zero-order valence-corrected chi connectivity index (χ0v) is 10.9. The number of aryl methyl sites for hydroxylation is 1. The van der Waals surface area contributed by atoms with E-state index in [2.05, 4.69) is 26.1 Å². The van der Waals surface area contributed by atoms with Crippen LogP contribution in [-0.4, -0.2) is 19.9 Å². The van der Waals surface area contributed by atoms with Crippen LogP contribution in [0.15, 0.2) is 29.0 Å². The molecule has 0 spiro atoms. The lowest BCUT2D eigenvalue weighted by Crippen LogP contribution is -2.03. The summed E-state index contributed by atoms with van der Waals surface area (Å²) in [6.45, 7) is 0.371. The van der Waals surface area contributed by atoms with Crippen LogP contribution in [0.3, 0.4) is 0 Å². The van der Waals surface area contributed by atoms with Gasteiger partial charge in [0, 0.05) is 7.05 Å². The minimum Gasteiger partial charge on any atom is -0.484 e. The molecule has 0 unspecified atom stereocenters. The summed E-state index contributed by atoms with van der Waals surface area (Å²) in [7, 11) is 1.86. The van der Waals surface area contributed by atoms with Crippen molar-refractivity contribution in [3.8, 4) is 5.75 Å². The van der Waals surface area contributed by atoms with Crippen LogP contribution in [-0.2, 0) is 20.3 Å². The van der Waals surface area contributed by atoms with E-state index in [4.69, 9.17) is 9.84 Å². The average molecular weight is 298 g/mol. The number of rotatable bonds is 4. The van der Waals surface area contributed by atoms with Crippen molar-refractivity contribution in [1.29, 1.82) is 0 Å². The van der Waals surface area contributed by atoms with Crippen LogP contribution in [0.5, 0.6) is 5.75 Å². The van der Waals surface area contributed by atoms with Crippen molar-refractivity contribution in [3.05, 3.63) is 40.4 Å². The highest BCUT2D eigenvalue weighted by molar-refractivity contribution is 9.10. The summed E-state index contributed by atoms with van der Waals surface area (Å²) in [4.78, 5) is 0. The fourth-order valence-corrected chi connectivity index (χ4v) is 1.88. The molecule has 1 aromatic carbocycles. The van der Waals surface area contributed by atoms with Crippen molar-refractivity contribution >= 4 is 15.9 Å². The second-order valence-electron chi connectivity index (χ2n) is 3.57. The molecule has 0 bridgehead atoms. The molecule has 6 heteroatoms. The van der Waals surface area contributed by atoms with Crippen LogP contribution in [0, 0.1) is 0 Å². The Morgan fingerprint density at radius 1 is 1.47 bits per heavy atom. The highest BCUT2D eigenvalue weighted by Crippen LogP contribution is 2.26. The topological polar surface area (TPSA) is 60.2 Å². The third-order valence-electron chi connectivity index (χ3n) is 2.34. The summed E-state index contributed by atoms with van der Waals surface area (Å²) in [5.41, 5.74) is 0.836. The summed E-state index contributed by atoms with van der Waals surface area (Å²) in [6, 6.07) is 5.45. The number of aliphatic hydroxyl groups is 1. The maximum atomic E-state index is 8.99. The van der Waals surface area contributed by atoms with Crippen molar-refractivity contribution < 1.29 is 9.84 Å². The predicted octanol–water partition coefficient (Wildman–Crippen LogP) is 1.65. The van der Waals surface area contributed by atoms with E-state index in [1.807, 2.05) is 25.2 Å². The molecule has 0 aliphatic rings. The molecule has 5 nitrogen and oxygen atoms in total. The molecule has 0 aliphatic carbocycles. The third kappa shape index (κ3) is 2.83. The van der Waals surface area contributed by atoms with Crippen LogP contribution in [0.2, 0.25) is 0 Å². The number of halogens is 1. The Bertz CT molecular complexity index is 513. The van der Waals surface area contributed by atoms with Gasteiger partial charge in [-0.05, 0) is 33.6 Å². The molecule has 0 atom stereocenters. The van der Waals surface area contributed by atoms with E-state index in [0.717, 1.165) is 15.9 Å². The van der Waals surface area contributed by atoms with Gasteiger partial charge in [0.05, 0.1) is 11.1 Å². The van der Waals surface area contributed by atoms with Gasteiger partial charge in [-0.25, -0.2) is 0 Å². The van der Waals surface area contributed by atoms with Crippen molar-refractivity contribution in [2.24, 2.45) is 7.05 Å². The first-order valence-corrected chi connectivity index (χ1v) is 5.85. The summed E-state index contributed by atoms with van der Waals surface area (Å²) in [6.07, 6.45) is 1.63. The average Bonchev–Trinajstić information content (AvgIpc) is 2.73. The molecule has 0 aliphatic heterocycles. The number of benzene rings is 1. The highest BCUT2D eigenvalue weighted by atomic mass is 79.9. The van der Waals surface area contributed by atoms with E-state index in [1.54, 1.807) is 10.9 Å². The Balaban J connectivity index is 2.07. The largest absolute Gasteiger partial charge is 0.484 e. The number of hydrogen-bond donors (Lipinski definition) is 1. The van der Waals surface area contributed by atoms with Crippen molar-refractivity contribution in [2.75, 3.05) is 0 Å². The molecule has 1 heterocycles. The lowest BCUT2D eigenvalue weighted by Gasteiger charge is -2.08. The number of aliphatic hydroxyl groups excluding tert-OH is 1. The molecule has 2 aromatic rings. The zero-order valence-electron chi connectivity index (χ0n) is 9.30. The van der Waals surface area contributed by atoms with Crippen molar-refractivity contribution in [1.82, 2.24) is 14.8 Å². The van der Waals surface area contributed by atoms with E-state index >= 15 is 0 Å². The van der Waals surface area contributed by atoms with Crippen LogP contribution < -0.4 is 4.74 Å². The molecule has 0 amide bonds. The molecule has 90 valence electrons. The molecular formula is C11H12BrN3O2. The molecule has 2 rings (SSSR count). The van der Waals surface area contributed by atoms with E-state index in [-0.39, 0.29) is 6.61 Å². The fraction of sp³-hybridized carbons (Fsp3) is 0.273. The predicted molar refractivity (Wildman–Crippen MR) is 65.4 cm³/mol. The third-order valence-corrected chi connectivity index (χ3v) is 2.96. The van der Waals surface area contributed by atoms with Gasteiger partial charge in [0.2, 0.25) is 0 Å². The number of ether oxygens (including phenoxy) is 1. The molecular weight excluding hydrogens is 286 g/mol. The standard InChI is InChI=1S/C11H12BrN3O2/c1-15-7-13-14-11(15)6-17-10-3-2-8(5-16)4-9(10)12/h2-4,7,16H,5-6H2,1H3. The molecule has 0 fully saturated rings. The van der Waals surface area contributed by atoms with Crippen LogP contribution in [0.1, 0.15) is 11.4 Å². The zero-order chi connectivity index (χ0) is 12.3. The van der Waals surface area contributed by atoms with E-state index < -0.39 is 0 Å². The fourth-order valence-electron chi connectivity index (χ4n) is 1.34. The second kappa shape index (κ2) is 5.29. The first kappa shape index (κ1) is 12.1. The lowest BCUT2D eigenvalue weighted by atomic mass is 10.2. The van der Waals surface area contributed by atoms with Gasteiger partial charge in [0.25, 0.3) is 0 Å². The van der Waals surface area contributed by atoms with Gasteiger partial charge >= 0.3 is 0 Å². The Morgan fingerprint density at radius 3 is 2.88 bits per heavy atom. The van der Waals surface area contributed by atoms with Crippen molar-refractivity contribution in [3.63, 3.8) is 0 Å². The quantitative estimate of drug-likeness (QED) is 0.932. The first-order chi connectivity index (χ1) is 8.20. The first-order valence-electron chi connectivity index (χ1n) is 5.05. The molecule has 1 N–H and O–H groups in total. The van der Waals surface area contributed by atoms with Crippen LogP contribution in [0.25, 0.3) is 0 Å². The molecule has 0 saturated heterocycles. The maximum Gasteiger partial charge on any atom is 0.170 e. The van der Waals surface area contributed by atoms with Crippen molar-refractivity contribution in [2.45, 2.75) is 13.2 Å². The number of aromatic nitrogens is 3. The van der Waals surface area contributed by atoms with E-state index in [9.17, 15) is 0 Å². The van der Waals surface area contributed by atoms with Gasteiger partial charge in [-0.15, -0.1) is 10.2 Å². The SMILES string of the molecule is Cn1cnnc1COc1ccc(CO)cc1Br. The Hall–Kier alpha value is -1.40. The molecule has 0 saturated carbocycles. The smallest absolute Gasteiger partial charge is 0.170 e. The van der Waals surface area contributed by atoms with Gasteiger partial charge in [-0.1, -0.05) is 6.07 Å². The van der Waals surface area contributed by atoms with Gasteiger partial charge in [-0.3, -0.25) is 0 Å². The molecule has 0 radical (unpaired) electrons. The maximum absolute atomic E-state index is 8.99. The molecule has 17 heavy (non-hydrogen) atoms.